The first-order valence-electron chi connectivity index (χ1n) is 13.1. The maximum atomic E-state index is 14.0. The van der Waals surface area contributed by atoms with Crippen molar-refractivity contribution in [2.45, 2.75) is 49.9 Å². The number of ether oxygens (including phenoxy) is 2. The number of methoxy groups -OCH3 is 1. The molecule has 4 aromatic rings. The van der Waals surface area contributed by atoms with Crippen LogP contribution in [0.5, 0.6) is 5.75 Å². The lowest BCUT2D eigenvalue weighted by Crippen LogP contribution is -2.40. The van der Waals surface area contributed by atoms with Gasteiger partial charge >= 0.3 is 5.97 Å². The minimum Gasteiger partial charge on any atom is -0.496 e. The third-order valence-corrected chi connectivity index (χ3v) is 9.61. The molecule has 4 heterocycles. The quantitative estimate of drug-likeness (QED) is 0.153. The molecule has 0 amide bonds. The van der Waals surface area contributed by atoms with Gasteiger partial charge in [-0.15, -0.1) is 0 Å². The maximum Gasteiger partial charge on any atom is 0.338 e. The Morgan fingerprint density at radius 3 is 2.71 bits per heavy atom. The second kappa shape index (κ2) is 13.1. The molecule has 1 aliphatic heterocycles. The number of allylic oxidation sites excluding steroid dienone is 1. The Morgan fingerprint density at radius 1 is 1.21 bits per heavy atom. The van der Waals surface area contributed by atoms with Crippen molar-refractivity contribution < 1.29 is 18.7 Å². The summed E-state index contributed by atoms with van der Waals surface area (Å²) >= 11 is 9.62. The molecule has 1 atom stereocenters. The average molecular weight is 734 g/mol. The first-order valence-corrected chi connectivity index (χ1v) is 16.3. The molecule has 218 valence electrons. The van der Waals surface area contributed by atoms with Crippen LogP contribution >= 0.6 is 55.0 Å². The number of hydrogen-bond donors (Lipinski definition) is 0. The smallest absolute Gasteiger partial charge is 0.338 e. The van der Waals surface area contributed by atoms with Crippen molar-refractivity contribution in [1.82, 2.24) is 14.5 Å². The van der Waals surface area contributed by atoms with E-state index in [0.717, 1.165) is 17.7 Å². The van der Waals surface area contributed by atoms with Crippen molar-refractivity contribution >= 4 is 67.0 Å². The van der Waals surface area contributed by atoms with Crippen LogP contribution in [0.1, 0.15) is 49.7 Å². The first kappa shape index (κ1) is 30.5. The number of hydrogen-bond acceptors (Lipinski definition) is 10. The molecule has 5 rings (SSSR count). The van der Waals surface area contributed by atoms with Crippen molar-refractivity contribution in [1.29, 1.82) is 0 Å². The molecule has 42 heavy (non-hydrogen) atoms. The lowest BCUT2D eigenvalue weighted by Gasteiger charge is -2.26. The van der Waals surface area contributed by atoms with Crippen LogP contribution in [-0.2, 0) is 9.53 Å². The molecule has 9 nitrogen and oxygen atoms in total. The molecule has 0 saturated carbocycles. The van der Waals surface area contributed by atoms with Gasteiger partial charge in [0.15, 0.2) is 15.1 Å². The second-order valence-corrected chi connectivity index (χ2v) is 12.8. The molecule has 0 bridgehead atoms. The van der Waals surface area contributed by atoms with Crippen LogP contribution < -0.4 is 19.6 Å². The van der Waals surface area contributed by atoms with E-state index in [0.29, 0.717) is 57.7 Å². The normalized spacial score (nSPS) is 15.0. The molecule has 1 aliphatic rings. The lowest BCUT2D eigenvalue weighted by atomic mass is 9.94. The summed E-state index contributed by atoms with van der Waals surface area (Å²) in [7, 11) is 1.58. The Hall–Kier alpha value is -3.00. The molecule has 0 N–H and O–H groups in total. The molecule has 0 radical (unpaired) electrons. The predicted molar refractivity (Wildman–Crippen MR) is 168 cm³/mol. The van der Waals surface area contributed by atoms with E-state index in [1.165, 1.54) is 23.1 Å². The third-order valence-electron chi connectivity index (χ3n) is 6.29. The van der Waals surface area contributed by atoms with Crippen molar-refractivity contribution in [3.8, 4) is 5.75 Å². The first-order chi connectivity index (χ1) is 20.2. The molecular formula is C29H26Br2N4O5S2. The SMILES string of the molecule is CCCC1=C(C(=O)OCC)[C@H](c2ccc(OC)c(Br)c2)n2c(s/c(=C/c3cc(Br)c(Sc4nccc(C)n4)o3)c2=O)=N1. The zero-order valence-corrected chi connectivity index (χ0v) is 27.9. The van der Waals surface area contributed by atoms with Crippen molar-refractivity contribution in [2.24, 2.45) is 4.99 Å². The van der Waals surface area contributed by atoms with Gasteiger partial charge in [-0.2, -0.15) is 0 Å². The Bertz CT molecular complexity index is 1880. The summed E-state index contributed by atoms with van der Waals surface area (Å²) in [6.45, 7) is 5.87. The number of esters is 1. The number of aryl methyl sites for hydroxylation is 1. The number of fused-ring (bicyclic) bond motifs is 1. The summed E-state index contributed by atoms with van der Waals surface area (Å²) in [5.41, 5.74) is 2.24. The van der Waals surface area contributed by atoms with Gasteiger partial charge < -0.3 is 13.9 Å². The number of carbonyl (C=O) groups excluding carboxylic acids is 1. The predicted octanol–water partition coefficient (Wildman–Crippen LogP) is 5.95. The Kier molecular flexibility index (Phi) is 9.50. The van der Waals surface area contributed by atoms with E-state index < -0.39 is 12.0 Å². The summed E-state index contributed by atoms with van der Waals surface area (Å²) in [5.74, 6) is 0.616. The number of halogens is 2. The van der Waals surface area contributed by atoms with Crippen molar-refractivity contribution in [3.05, 3.63) is 93.4 Å². The topological polar surface area (TPSA) is 109 Å². The Morgan fingerprint density at radius 2 is 2.02 bits per heavy atom. The van der Waals surface area contributed by atoms with Crippen LogP contribution in [0, 0.1) is 6.92 Å². The van der Waals surface area contributed by atoms with Gasteiger partial charge in [-0.25, -0.2) is 19.8 Å². The number of nitrogens with zero attached hydrogens (tertiary/aromatic N) is 4. The van der Waals surface area contributed by atoms with Crippen LogP contribution in [0.4, 0.5) is 0 Å². The zero-order chi connectivity index (χ0) is 30.0. The van der Waals surface area contributed by atoms with E-state index >= 15 is 0 Å². The number of furan rings is 1. The Balaban J connectivity index is 1.65. The van der Waals surface area contributed by atoms with Gasteiger partial charge in [0.1, 0.15) is 11.5 Å². The van der Waals surface area contributed by atoms with Gasteiger partial charge in [0.25, 0.3) is 5.56 Å². The van der Waals surface area contributed by atoms with E-state index in [2.05, 4.69) is 41.8 Å². The fraction of sp³-hybridized carbons (Fsp3) is 0.276. The fourth-order valence-corrected chi connectivity index (χ4v) is 7.36. The van der Waals surface area contributed by atoms with Gasteiger partial charge in [-0.3, -0.25) is 9.36 Å². The monoisotopic (exact) mass is 732 g/mol. The molecule has 0 aliphatic carbocycles. The average Bonchev–Trinajstić information content (AvgIpc) is 3.45. The van der Waals surface area contributed by atoms with Gasteiger partial charge in [0, 0.05) is 18.0 Å². The van der Waals surface area contributed by atoms with E-state index in [-0.39, 0.29) is 12.2 Å². The molecule has 0 saturated heterocycles. The third kappa shape index (κ3) is 6.19. The summed E-state index contributed by atoms with van der Waals surface area (Å²) in [5, 5.41) is 1.12. The molecule has 1 aromatic carbocycles. The number of rotatable bonds is 9. The summed E-state index contributed by atoms with van der Waals surface area (Å²) < 4.78 is 20.3. The van der Waals surface area contributed by atoms with Crippen LogP contribution in [0.3, 0.4) is 0 Å². The van der Waals surface area contributed by atoms with Gasteiger partial charge in [-0.05, 0) is 93.7 Å². The van der Waals surface area contributed by atoms with Crippen LogP contribution in [-0.4, -0.2) is 34.2 Å². The largest absolute Gasteiger partial charge is 0.496 e. The summed E-state index contributed by atoms with van der Waals surface area (Å²) in [6.07, 6.45) is 4.70. The number of benzene rings is 1. The molecule has 13 heteroatoms. The highest BCUT2D eigenvalue weighted by molar-refractivity contribution is 9.10. The zero-order valence-electron chi connectivity index (χ0n) is 23.1. The molecule has 0 fully saturated rings. The highest BCUT2D eigenvalue weighted by Gasteiger charge is 2.34. The summed E-state index contributed by atoms with van der Waals surface area (Å²) in [4.78, 5) is 41.4. The molecular weight excluding hydrogens is 708 g/mol. The maximum absolute atomic E-state index is 14.0. The highest BCUT2D eigenvalue weighted by atomic mass is 79.9. The van der Waals surface area contributed by atoms with Gasteiger partial charge in [0.05, 0.1) is 44.5 Å². The Labute approximate surface area is 266 Å². The number of aromatic nitrogens is 3. The minimum atomic E-state index is -0.737. The molecule has 0 spiro atoms. The highest BCUT2D eigenvalue weighted by Crippen LogP contribution is 2.37. The fourth-order valence-electron chi connectivity index (χ4n) is 4.49. The van der Waals surface area contributed by atoms with Crippen molar-refractivity contribution in [2.75, 3.05) is 13.7 Å². The molecule has 0 unspecified atom stereocenters. The van der Waals surface area contributed by atoms with Crippen LogP contribution in [0.25, 0.3) is 6.08 Å². The second-order valence-electron chi connectivity index (χ2n) is 9.17. The number of thiazole rings is 1. The minimum absolute atomic E-state index is 0.201. The van der Waals surface area contributed by atoms with Crippen LogP contribution in [0.2, 0.25) is 0 Å². The standard InChI is InChI=1S/C29H26Br2N4O5S2/c1-5-7-20-23(26(37)39-6-2)24(16-8-9-21(38-4)18(30)12-16)35-25(36)22(41-29(35)34-20)14-17-13-19(31)27(40-17)42-28-32-11-10-15(3)33-28/h8-14,24H,5-7H2,1-4H3/b22-14+/t24-/m0/s1. The van der Waals surface area contributed by atoms with E-state index in [9.17, 15) is 9.59 Å². The van der Waals surface area contributed by atoms with Gasteiger partial charge in [0.2, 0.25) is 0 Å². The van der Waals surface area contributed by atoms with E-state index in [1.807, 2.05) is 32.0 Å². The van der Waals surface area contributed by atoms with E-state index in [1.54, 1.807) is 43.0 Å². The van der Waals surface area contributed by atoms with Gasteiger partial charge in [-0.1, -0.05) is 30.7 Å². The lowest BCUT2D eigenvalue weighted by molar-refractivity contribution is -0.139. The van der Waals surface area contributed by atoms with Crippen LogP contribution in [0.15, 0.2) is 81.2 Å². The summed E-state index contributed by atoms with van der Waals surface area (Å²) in [6, 6.07) is 8.38. The van der Waals surface area contributed by atoms with Crippen molar-refractivity contribution in [3.63, 3.8) is 0 Å². The number of carbonyl (C=O) groups is 1. The van der Waals surface area contributed by atoms with E-state index in [4.69, 9.17) is 18.9 Å². The molecule has 3 aromatic heterocycles.